The van der Waals surface area contributed by atoms with Gasteiger partial charge in [0.2, 0.25) is 5.91 Å². The third-order valence-electron chi connectivity index (χ3n) is 14.2. The first-order chi connectivity index (χ1) is 31.3. The highest BCUT2D eigenvalue weighted by atomic mass is 19.1. The number of carbonyl (C=O) groups excluding carboxylic acids is 4. The Morgan fingerprint density at radius 1 is 0.862 bits per heavy atom. The maximum atomic E-state index is 16.2. The summed E-state index contributed by atoms with van der Waals surface area (Å²) in [5.41, 5.74) is 4.61. The van der Waals surface area contributed by atoms with E-state index >= 15 is 4.39 Å². The molecule has 65 heavy (non-hydrogen) atoms. The highest BCUT2D eigenvalue weighted by Crippen LogP contribution is 2.51. The number of hydrogen-bond donors (Lipinski definition) is 4. The van der Waals surface area contributed by atoms with E-state index < -0.39 is 36.1 Å². The zero-order valence-electron chi connectivity index (χ0n) is 37.6. The lowest BCUT2D eigenvalue weighted by Gasteiger charge is -2.36. The maximum Gasteiger partial charge on any atom is 0.407 e. The second kappa shape index (κ2) is 17.3. The lowest BCUT2D eigenvalue weighted by atomic mass is 9.96. The van der Waals surface area contributed by atoms with Crippen molar-refractivity contribution in [3.63, 3.8) is 0 Å². The van der Waals surface area contributed by atoms with E-state index in [0.717, 1.165) is 46.6 Å². The van der Waals surface area contributed by atoms with Gasteiger partial charge in [-0.25, -0.2) is 23.9 Å². The Morgan fingerprint density at radius 3 is 2.26 bits per heavy atom. The predicted molar refractivity (Wildman–Crippen MR) is 244 cm³/mol. The van der Waals surface area contributed by atoms with Crippen molar-refractivity contribution in [3.05, 3.63) is 108 Å². The summed E-state index contributed by atoms with van der Waals surface area (Å²) in [4.78, 5) is 73.5. The van der Waals surface area contributed by atoms with Gasteiger partial charge in [-0.3, -0.25) is 9.59 Å². The molecule has 6 aromatic rings. The summed E-state index contributed by atoms with van der Waals surface area (Å²) in [6.45, 7) is 10.0. The third kappa shape index (κ3) is 7.95. The highest BCUT2D eigenvalue weighted by Gasteiger charge is 2.53. The molecule has 2 bridgehead atoms. The molecule has 4 amide bonds. The number of methoxy groups -OCH3 is 2. The van der Waals surface area contributed by atoms with E-state index in [2.05, 4.69) is 34.4 Å². The van der Waals surface area contributed by atoms with Crippen LogP contribution in [0.1, 0.15) is 89.2 Å². The first-order valence-corrected chi connectivity index (χ1v) is 22.4. The second-order valence-corrected chi connectivity index (χ2v) is 18.3. The second-order valence-electron chi connectivity index (χ2n) is 18.3. The molecular weight excluding hydrogens is 828 g/mol. The van der Waals surface area contributed by atoms with Gasteiger partial charge in [0.1, 0.15) is 29.5 Å². The Balaban J connectivity index is 0.957. The monoisotopic (exact) mass is 882 g/mol. The Morgan fingerprint density at radius 2 is 1.57 bits per heavy atom. The summed E-state index contributed by atoms with van der Waals surface area (Å²) in [7, 11) is 2.55. The molecule has 0 radical (unpaired) electrons. The molecule has 3 fully saturated rings. The van der Waals surface area contributed by atoms with Crippen molar-refractivity contribution >= 4 is 45.8 Å². The van der Waals surface area contributed by atoms with Gasteiger partial charge in [-0.2, -0.15) is 0 Å². The predicted octanol–water partition coefficient (Wildman–Crippen LogP) is 8.99. The number of halogens is 1. The zero-order chi connectivity index (χ0) is 45.8. The number of hydrogen-bond acceptors (Lipinski definition) is 8. The van der Waals surface area contributed by atoms with Crippen LogP contribution in [0.25, 0.3) is 44.2 Å². The number of imidazole rings is 2. The quantitative estimate of drug-likeness (QED) is 0.0942. The van der Waals surface area contributed by atoms with E-state index in [4.69, 9.17) is 19.4 Å². The minimum Gasteiger partial charge on any atom is -0.453 e. The minimum absolute atomic E-state index is 0.00677. The normalized spacial score (nSPS) is 22.4. The summed E-state index contributed by atoms with van der Waals surface area (Å²) in [5.74, 6) is 0.963. The topological polar surface area (TPSA) is 175 Å². The fourth-order valence-corrected chi connectivity index (χ4v) is 10.4. The Kier molecular flexibility index (Phi) is 11.6. The van der Waals surface area contributed by atoms with Crippen LogP contribution in [0.2, 0.25) is 0 Å². The number of ether oxygens (including phenoxy) is 2. The maximum absolute atomic E-state index is 16.2. The number of rotatable bonds is 12. The fourth-order valence-electron chi connectivity index (χ4n) is 10.4. The third-order valence-corrected chi connectivity index (χ3v) is 14.2. The Bertz CT molecular complexity index is 2780. The van der Waals surface area contributed by atoms with Gasteiger partial charge in [-0.15, -0.1) is 0 Å². The van der Waals surface area contributed by atoms with Gasteiger partial charge in [0.25, 0.3) is 5.91 Å². The van der Waals surface area contributed by atoms with Crippen LogP contribution in [0.15, 0.2) is 85.1 Å². The molecule has 8 atom stereocenters. The SMILES string of the molecule is COC(=O)NC(C(=O)N1C2CCC(C2)C1c1ncc(-c2ccc(-c3ccc4c(ccc5[nH]c(C(C)N(C(=O)C(NC(=O)OC)C(C)C)C6C(C)C6C)nc54)c3)cc2F)[nH]1)c1ccccc1. The first kappa shape index (κ1) is 43.5. The number of piperidine rings is 1. The van der Waals surface area contributed by atoms with Crippen LogP contribution in [0.5, 0.6) is 0 Å². The van der Waals surface area contributed by atoms with Gasteiger partial charge >= 0.3 is 12.2 Å². The number of amides is 4. The Labute approximate surface area is 376 Å². The van der Waals surface area contributed by atoms with Crippen LogP contribution in [-0.2, 0) is 19.1 Å². The number of nitrogens with one attached hydrogen (secondary N) is 4. The number of aromatic amines is 2. The van der Waals surface area contributed by atoms with Crippen LogP contribution >= 0.6 is 0 Å². The molecule has 3 aliphatic rings. The molecule has 338 valence electrons. The van der Waals surface area contributed by atoms with E-state index in [9.17, 15) is 19.2 Å². The number of fused-ring (bicyclic) bond motifs is 5. The van der Waals surface area contributed by atoms with Crippen LogP contribution < -0.4 is 10.6 Å². The van der Waals surface area contributed by atoms with Gasteiger partial charge in [0.15, 0.2) is 0 Å². The van der Waals surface area contributed by atoms with Crippen LogP contribution in [0.4, 0.5) is 14.0 Å². The summed E-state index contributed by atoms with van der Waals surface area (Å²) < 4.78 is 25.9. The molecule has 4 aromatic carbocycles. The van der Waals surface area contributed by atoms with Crippen molar-refractivity contribution in [3.8, 4) is 22.4 Å². The highest BCUT2D eigenvalue weighted by molar-refractivity contribution is 6.05. The minimum atomic E-state index is -0.943. The van der Waals surface area contributed by atoms with Gasteiger partial charge in [0, 0.05) is 23.0 Å². The van der Waals surface area contributed by atoms with Gasteiger partial charge in [-0.05, 0) is 96.2 Å². The van der Waals surface area contributed by atoms with Crippen molar-refractivity contribution in [1.82, 2.24) is 40.4 Å². The smallest absolute Gasteiger partial charge is 0.407 e. The molecule has 9 rings (SSSR count). The number of carbonyl (C=O) groups is 4. The van der Waals surface area contributed by atoms with Crippen LogP contribution in [-0.4, -0.2) is 86.1 Å². The Hall–Kier alpha value is -6.77. The van der Waals surface area contributed by atoms with Gasteiger partial charge in [-0.1, -0.05) is 82.3 Å². The molecule has 2 aliphatic carbocycles. The molecule has 2 saturated carbocycles. The summed E-state index contributed by atoms with van der Waals surface area (Å²) >= 11 is 0. The molecule has 14 nitrogen and oxygen atoms in total. The van der Waals surface area contributed by atoms with Gasteiger partial charge < -0.3 is 39.9 Å². The van der Waals surface area contributed by atoms with Gasteiger partial charge in [0.05, 0.1) is 49.2 Å². The summed E-state index contributed by atoms with van der Waals surface area (Å²) in [5, 5.41) is 7.31. The lowest BCUT2D eigenvalue weighted by molar-refractivity contribution is -0.139. The molecule has 3 heterocycles. The van der Waals surface area contributed by atoms with E-state index in [1.165, 1.54) is 20.3 Å². The molecule has 1 aliphatic heterocycles. The van der Waals surface area contributed by atoms with Crippen molar-refractivity contribution in [2.45, 2.75) is 90.1 Å². The van der Waals surface area contributed by atoms with E-state index in [0.29, 0.717) is 45.9 Å². The zero-order valence-corrected chi connectivity index (χ0v) is 37.6. The number of likely N-dealkylation sites (tertiary alicyclic amines) is 1. The number of aromatic nitrogens is 4. The number of H-pyrrole nitrogens is 2. The standard InChI is InChI=1S/C50H55FN8O6/c1-25(2)40(56-49(62)64-6)47(60)58(43-26(3)27(43)4)28(5)45-53-38-20-16-32-21-30(14-18-35(32)42(38)55-45)31-15-19-36(37(51)23-31)39-24-52-46(54-39)44-33-13-17-34(22-33)59(44)48(61)41(57-50(63)65-7)29-11-9-8-10-12-29/h8-12,14-16,18-21,23-28,33-34,40-41,43-44H,13,17,22H2,1-7H3,(H,52,54)(H,53,55)(H,56,62)(H,57,63). The van der Waals surface area contributed by atoms with Crippen molar-refractivity contribution in [1.29, 1.82) is 0 Å². The van der Waals surface area contributed by atoms with Crippen molar-refractivity contribution < 1.29 is 33.0 Å². The van der Waals surface area contributed by atoms with Crippen LogP contribution in [0, 0.1) is 29.5 Å². The molecule has 2 aromatic heterocycles. The summed E-state index contributed by atoms with van der Waals surface area (Å²) in [6.07, 6.45) is 2.88. The molecule has 1 saturated heterocycles. The average molecular weight is 883 g/mol. The van der Waals surface area contributed by atoms with E-state index in [-0.39, 0.29) is 41.8 Å². The summed E-state index contributed by atoms with van der Waals surface area (Å²) in [6, 6.07) is 21.7. The molecule has 0 spiro atoms. The number of nitrogens with zero attached hydrogens (tertiary/aromatic N) is 4. The molecular formula is C50H55FN8O6. The number of benzene rings is 4. The molecule has 4 N–H and O–H groups in total. The largest absolute Gasteiger partial charge is 0.453 e. The van der Waals surface area contributed by atoms with E-state index in [1.807, 2.05) is 85.2 Å². The first-order valence-electron chi connectivity index (χ1n) is 22.4. The van der Waals surface area contributed by atoms with E-state index in [1.54, 1.807) is 24.4 Å². The average Bonchev–Trinajstić information content (AvgIpc) is 3.98. The number of alkyl carbamates (subject to hydrolysis) is 2. The fraction of sp³-hybridized carbons (Fsp3) is 0.400. The van der Waals surface area contributed by atoms with Crippen molar-refractivity contribution in [2.24, 2.45) is 23.7 Å². The molecule has 8 unspecified atom stereocenters. The van der Waals surface area contributed by atoms with Crippen molar-refractivity contribution in [2.75, 3.05) is 14.2 Å². The lowest BCUT2D eigenvalue weighted by Crippen LogP contribution is -2.53. The van der Waals surface area contributed by atoms with Crippen LogP contribution in [0.3, 0.4) is 0 Å². The molecule has 15 heteroatoms.